The van der Waals surface area contributed by atoms with E-state index in [1.54, 1.807) is 0 Å². The first-order valence-corrected chi connectivity index (χ1v) is 5.62. The lowest BCUT2D eigenvalue weighted by Gasteiger charge is -2.37. The van der Waals surface area contributed by atoms with E-state index in [1.165, 1.54) is 13.8 Å². The molecule has 0 unspecified atom stereocenters. The number of nitrogens with zero attached hydrogens (tertiary/aromatic N) is 3. The van der Waals surface area contributed by atoms with E-state index in [1.807, 2.05) is 0 Å². The van der Waals surface area contributed by atoms with Crippen molar-refractivity contribution in [2.24, 2.45) is 5.11 Å². The summed E-state index contributed by atoms with van der Waals surface area (Å²) < 4.78 is 14.9. The Labute approximate surface area is 109 Å². The fraction of sp³-hybridized carbons (Fsp3) is 0.800. The molecule has 0 aliphatic carbocycles. The van der Waals surface area contributed by atoms with Gasteiger partial charge in [-0.1, -0.05) is 5.11 Å². The zero-order chi connectivity index (χ0) is 14.4. The summed E-state index contributed by atoms with van der Waals surface area (Å²) in [5, 5.41) is 13.0. The van der Waals surface area contributed by atoms with Crippen molar-refractivity contribution in [2.45, 2.75) is 44.8 Å². The lowest BCUT2D eigenvalue weighted by molar-refractivity contribution is -0.225. The van der Waals surface area contributed by atoms with Gasteiger partial charge in [0, 0.05) is 25.2 Å². The van der Waals surface area contributed by atoms with Gasteiger partial charge in [-0.15, -0.1) is 0 Å². The fourth-order valence-corrected chi connectivity index (χ4v) is 1.78. The van der Waals surface area contributed by atoms with Crippen LogP contribution in [-0.2, 0) is 23.8 Å². The van der Waals surface area contributed by atoms with Crippen molar-refractivity contribution in [2.75, 3.05) is 6.61 Å². The van der Waals surface area contributed by atoms with Crippen LogP contribution in [0.1, 0.15) is 20.3 Å². The molecule has 0 aromatic rings. The van der Waals surface area contributed by atoms with E-state index >= 15 is 0 Å². The van der Waals surface area contributed by atoms with E-state index in [0.717, 1.165) is 0 Å². The zero-order valence-electron chi connectivity index (χ0n) is 10.6. The van der Waals surface area contributed by atoms with Crippen molar-refractivity contribution in [1.82, 2.24) is 0 Å². The summed E-state index contributed by atoms with van der Waals surface area (Å²) in [7, 11) is 0. The molecule has 0 amide bonds. The maximum atomic E-state index is 11.0. The highest BCUT2D eigenvalue weighted by atomic mass is 16.6. The van der Waals surface area contributed by atoms with Gasteiger partial charge in [0.15, 0.2) is 6.29 Å². The molecular formula is C10H15N3O6. The molecule has 19 heavy (non-hydrogen) atoms. The highest BCUT2D eigenvalue weighted by Gasteiger charge is 2.40. The summed E-state index contributed by atoms with van der Waals surface area (Å²) in [5.41, 5.74) is 8.47. The summed E-state index contributed by atoms with van der Waals surface area (Å²) in [4.78, 5) is 24.5. The molecule has 0 saturated carbocycles. The van der Waals surface area contributed by atoms with Crippen molar-refractivity contribution < 1.29 is 28.9 Å². The van der Waals surface area contributed by atoms with E-state index in [4.69, 9.17) is 19.7 Å². The molecule has 9 heteroatoms. The molecule has 1 aliphatic heterocycles. The Morgan fingerprint density at radius 1 is 1.47 bits per heavy atom. The lowest BCUT2D eigenvalue weighted by atomic mass is 9.99. The first kappa shape index (κ1) is 15.2. The number of esters is 2. The van der Waals surface area contributed by atoms with Crippen LogP contribution in [0.4, 0.5) is 0 Å². The second-order valence-corrected chi connectivity index (χ2v) is 4.01. The van der Waals surface area contributed by atoms with Crippen LogP contribution in [0.2, 0.25) is 0 Å². The molecule has 0 radical (unpaired) electrons. The highest BCUT2D eigenvalue weighted by molar-refractivity contribution is 5.66. The third-order valence-corrected chi connectivity index (χ3v) is 2.47. The van der Waals surface area contributed by atoms with Gasteiger partial charge in [0.25, 0.3) is 0 Å². The quantitative estimate of drug-likeness (QED) is 0.338. The molecule has 0 spiro atoms. The first-order chi connectivity index (χ1) is 8.93. The Bertz CT molecular complexity index is 395. The molecule has 4 atom stereocenters. The van der Waals surface area contributed by atoms with Gasteiger partial charge in [-0.3, -0.25) is 9.59 Å². The summed E-state index contributed by atoms with van der Waals surface area (Å²) in [6.07, 6.45) is -2.97. The Morgan fingerprint density at radius 3 is 2.68 bits per heavy atom. The predicted molar refractivity (Wildman–Crippen MR) is 60.6 cm³/mol. The van der Waals surface area contributed by atoms with Gasteiger partial charge < -0.3 is 19.3 Å². The normalized spacial score (nSPS) is 30.1. The Hall–Kier alpha value is -1.83. The SMILES string of the molecule is CC(=O)OC[C@H]1O[C@H](O)C[C@@H](N=[N+]=[N-])[C@@H]1OC(C)=O. The molecule has 1 heterocycles. The van der Waals surface area contributed by atoms with Crippen LogP contribution in [0.3, 0.4) is 0 Å². The van der Waals surface area contributed by atoms with Gasteiger partial charge in [-0.05, 0) is 5.53 Å². The molecule has 0 aromatic carbocycles. The maximum Gasteiger partial charge on any atom is 0.303 e. The van der Waals surface area contributed by atoms with Gasteiger partial charge in [-0.2, -0.15) is 0 Å². The van der Waals surface area contributed by atoms with Gasteiger partial charge in [-0.25, -0.2) is 0 Å². The van der Waals surface area contributed by atoms with Crippen molar-refractivity contribution >= 4 is 11.9 Å². The predicted octanol–water partition coefficient (Wildman–Crippen LogP) is 0.267. The summed E-state index contributed by atoms with van der Waals surface area (Å²) in [6.45, 7) is 2.20. The second kappa shape index (κ2) is 6.93. The Balaban J connectivity index is 2.83. The molecular weight excluding hydrogens is 258 g/mol. The molecule has 1 fully saturated rings. The molecule has 0 aromatic heterocycles. The minimum atomic E-state index is -1.18. The third-order valence-electron chi connectivity index (χ3n) is 2.47. The number of ether oxygens (including phenoxy) is 3. The number of aliphatic hydroxyl groups excluding tert-OH is 1. The Kier molecular flexibility index (Phi) is 5.56. The standard InChI is InChI=1S/C10H15N3O6/c1-5(14)17-4-8-10(18-6(2)15)7(12-13-11)3-9(16)19-8/h7-10,16H,3-4H2,1-2H3/t7-,8-,9+,10+/m1/s1. The minimum Gasteiger partial charge on any atom is -0.463 e. The number of carbonyl (C=O) groups is 2. The minimum absolute atomic E-state index is 0.00141. The van der Waals surface area contributed by atoms with Gasteiger partial charge in [0.05, 0.1) is 6.04 Å². The molecule has 9 nitrogen and oxygen atoms in total. The van der Waals surface area contributed by atoms with Crippen LogP contribution in [0.25, 0.3) is 10.4 Å². The topological polar surface area (TPSA) is 131 Å². The van der Waals surface area contributed by atoms with Crippen molar-refractivity contribution in [3.8, 4) is 0 Å². The number of hydrogen-bond donors (Lipinski definition) is 1. The zero-order valence-corrected chi connectivity index (χ0v) is 10.6. The number of rotatable bonds is 4. The summed E-state index contributed by atoms with van der Waals surface area (Å²) in [6, 6.07) is -0.779. The van der Waals surface area contributed by atoms with E-state index in [0.29, 0.717) is 0 Å². The summed E-state index contributed by atoms with van der Waals surface area (Å²) >= 11 is 0. The largest absolute Gasteiger partial charge is 0.463 e. The molecule has 106 valence electrons. The molecule has 1 saturated heterocycles. The van der Waals surface area contributed by atoms with Gasteiger partial charge in [0.2, 0.25) is 0 Å². The van der Waals surface area contributed by atoms with Crippen LogP contribution < -0.4 is 0 Å². The van der Waals surface area contributed by atoms with Crippen LogP contribution in [0, 0.1) is 0 Å². The maximum absolute atomic E-state index is 11.0. The molecule has 0 bridgehead atoms. The van der Waals surface area contributed by atoms with Crippen LogP contribution in [0.5, 0.6) is 0 Å². The lowest BCUT2D eigenvalue weighted by Crippen LogP contribution is -2.51. The van der Waals surface area contributed by atoms with E-state index in [2.05, 4.69) is 10.0 Å². The third kappa shape index (κ3) is 4.74. The average Bonchev–Trinajstić information content (AvgIpc) is 2.30. The molecule has 1 N–H and O–H groups in total. The average molecular weight is 273 g/mol. The summed E-state index contributed by atoms with van der Waals surface area (Å²) in [5.74, 6) is -1.12. The van der Waals surface area contributed by atoms with Crippen LogP contribution >= 0.6 is 0 Å². The van der Waals surface area contributed by atoms with Crippen molar-refractivity contribution in [1.29, 1.82) is 0 Å². The van der Waals surface area contributed by atoms with Crippen LogP contribution in [0.15, 0.2) is 5.11 Å². The van der Waals surface area contributed by atoms with Crippen molar-refractivity contribution in [3.05, 3.63) is 10.4 Å². The van der Waals surface area contributed by atoms with E-state index < -0.39 is 36.5 Å². The smallest absolute Gasteiger partial charge is 0.303 e. The monoisotopic (exact) mass is 273 g/mol. The van der Waals surface area contributed by atoms with Crippen LogP contribution in [-0.4, -0.2) is 48.2 Å². The molecule has 1 aliphatic rings. The van der Waals surface area contributed by atoms with E-state index in [-0.39, 0.29) is 13.0 Å². The number of aliphatic hydroxyl groups is 1. The van der Waals surface area contributed by atoms with E-state index in [9.17, 15) is 14.7 Å². The molecule has 1 rings (SSSR count). The fourth-order valence-electron chi connectivity index (χ4n) is 1.78. The van der Waals surface area contributed by atoms with Gasteiger partial charge in [0.1, 0.15) is 18.8 Å². The number of azide groups is 1. The number of hydrogen-bond acceptors (Lipinski definition) is 7. The Morgan fingerprint density at radius 2 is 2.16 bits per heavy atom. The van der Waals surface area contributed by atoms with Crippen molar-refractivity contribution in [3.63, 3.8) is 0 Å². The first-order valence-electron chi connectivity index (χ1n) is 5.62. The number of carbonyl (C=O) groups excluding carboxylic acids is 2. The second-order valence-electron chi connectivity index (χ2n) is 4.01. The van der Waals surface area contributed by atoms with Gasteiger partial charge >= 0.3 is 11.9 Å². The highest BCUT2D eigenvalue weighted by Crippen LogP contribution is 2.25.